The van der Waals surface area contributed by atoms with Crippen LogP contribution in [0.1, 0.15) is 187 Å². The summed E-state index contributed by atoms with van der Waals surface area (Å²) in [6.45, 7) is 3.56. The predicted octanol–water partition coefficient (Wildman–Crippen LogP) is 12.9. The maximum absolute atomic E-state index is 12.6. The van der Waals surface area contributed by atoms with Crippen molar-refractivity contribution in [3.05, 3.63) is 60.8 Å². The monoisotopic (exact) mass is 808 g/mol. The molecular formula is C46H82NO8P. The first-order chi connectivity index (χ1) is 27.3. The molecule has 0 radical (unpaired) electrons. The molecule has 0 spiro atoms. The topological polar surface area (TPSA) is 134 Å². The normalized spacial score (nSPS) is 13.9. The lowest BCUT2D eigenvalue weighted by atomic mass is 10.0. The summed E-state index contributed by atoms with van der Waals surface area (Å²) in [6, 6.07) is 0. The molecule has 0 aromatic carbocycles. The maximum Gasteiger partial charge on any atom is 0.472 e. The van der Waals surface area contributed by atoms with Crippen molar-refractivity contribution in [2.24, 2.45) is 5.73 Å². The number of esters is 2. The molecule has 0 aromatic rings. The number of carbonyl (C=O) groups excluding carboxylic acids is 2. The second kappa shape index (κ2) is 42.3. The maximum atomic E-state index is 12.6. The van der Waals surface area contributed by atoms with Gasteiger partial charge in [0.25, 0.3) is 0 Å². The summed E-state index contributed by atoms with van der Waals surface area (Å²) in [6.07, 6.45) is 49.8. The Morgan fingerprint density at radius 2 is 0.982 bits per heavy atom. The minimum Gasteiger partial charge on any atom is -0.462 e. The number of nitrogens with two attached hydrogens (primary N) is 1. The number of rotatable bonds is 41. The van der Waals surface area contributed by atoms with Gasteiger partial charge in [-0.2, -0.15) is 0 Å². The number of unbranched alkanes of at least 4 members (excludes halogenated alkanes) is 18. The van der Waals surface area contributed by atoms with Gasteiger partial charge >= 0.3 is 19.8 Å². The van der Waals surface area contributed by atoms with Gasteiger partial charge in [-0.3, -0.25) is 18.6 Å². The van der Waals surface area contributed by atoms with Gasteiger partial charge in [0.2, 0.25) is 0 Å². The molecule has 0 rings (SSSR count). The molecule has 1 unspecified atom stereocenters. The van der Waals surface area contributed by atoms with Crippen LogP contribution in [0.25, 0.3) is 0 Å². The largest absolute Gasteiger partial charge is 0.472 e. The zero-order chi connectivity index (χ0) is 41.1. The Labute approximate surface area is 342 Å². The second-order valence-corrected chi connectivity index (χ2v) is 16.0. The van der Waals surface area contributed by atoms with Crippen molar-refractivity contribution >= 4 is 19.8 Å². The second-order valence-electron chi connectivity index (χ2n) is 14.5. The number of hydrogen-bond acceptors (Lipinski definition) is 8. The third kappa shape index (κ3) is 41.3. The highest BCUT2D eigenvalue weighted by atomic mass is 31.2. The van der Waals surface area contributed by atoms with E-state index in [1.165, 1.54) is 96.3 Å². The molecule has 56 heavy (non-hydrogen) atoms. The van der Waals surface area contributed by atoms with Gasteiger partial charge < -0.3 is 20.1 Å². The fourth-order valence-corrected chi connectivity index (χ4v) is 6.67. The summed E-state index contributed by atoms with van der Waals surface area (Å²) in [5.41, 5.74) is 5.34. The fraction of sp³-hybridized carbons (Fsp3) is 0.739. The van der Waals surface area contributed by atoms with Gasteiger partial charge in [-0.15, -0.1) is 0 Å². The van der Waals surface area contributed by atoms with Crippen molar-refractivity contribution in [3.63, 3.8) is 0 Å². The van der Waals surface area contributed by atoms with Gasteiger partial charge in [-0.1, -0.05) is 184 Å². The number of carbonyl (C=O) groups is 2. The molecule has 0 aliphatic carbocycles. The number of hydrogen-bond donors (Lipinski definition) is 2. The van der Waals surface area contributed by atoms with Crippen LogP contribution in [-0.4, -0.2) is 49.3 Å². The highest BCUT2D eigenvalue weighted by Crippen LogP contribution is 2.43. The summed E-state index contributed by atoms with van der Waals surface area (Å²) >= 11 is 0. The Balaban J connectivity index is 4.21. The number of ether oxygens (including phenoxy) is 2. The fourth-order valence-electron chi connectivity index (χ4n) is 5.91. The molecule has 0 aliphatic rings. The SMILES string of the molecule is CC/C=C\C/C=C\C/C=C\C/C=C\C/C=C\CCCC(=O)O[C@H](COC(=O)CCCCCCCCCCCCCCCCCCCC)COP(=O)(O)OCCN. The third-order valence-corrected chi connectivity index (χ3v) is 10.2. The van der Waals surface area contributed by atoms with E-state index in [4.69, 9.17) is 24.3 Å². The van der Waals surface area contributed by atoms with E-state index >= 15 is 0 Å². The van der Waals surface area contributed by atoms with Crippen molar-refractivity contribution in [3.8, 4) is 0 Å². The molecule has 0 saturated heterocycles. The summed E-state index contributed by atoms with van der Waals surface area (Å²) in [5, 5.41) is 0. The van der Waals surface area contributed by atoms with Crippen LogP contribution in [0.5, 0.6) is 0 Å². The van der Waals surface area contributed by atoms with Crippen molar-refractivity contribution in [2.45, 2.75) is 193 Å². The van der Waals surface area contributed by atoms with Crippen molar-refractivity contribution in [2.75, 3.05) is 26.4 Å². The molecule has 0 aromatic heterocycles. The Bertz CT molecular complexity index is 1100. The standard InChI is InChI=1S/C46H82NO8P/c1-3-5-7-9-11-13-15-17-19-21-23-24-26-28-30-32-34-36-38-45(48)52-42-44(43-54-56(50,51)53-41-40-47)55-46(49)39-37-35-33-31-29-27-25-22-20-18-16-14-12-10-8-6-4-2/h6,8,12,14,18,20,25,27,31,33,44H,3-5,7,9-11,13,15-17,19,21-24,26,28-30,32,34-43,47H2,1-2H3,(H,50,51)/b8-6-,14-12-,20-18-,27-25-,33-31-/t44-/m1/s1. The van der Waals surface area contributed by atoms with Gasteiger partial charge in [0.05, 0.1) is 13.2 Å². The molecular weight excluding hydrogens is 725 g/mol. The van der Waals surface area contributed by atoms with E-state index in [9.17, 15) is 19.0 Å². The van der Waals surface area contributed by atoms with Crippen LogP contribution >= 0.6 is 7.82 Å². The zero-order valence-electron chi connectivity index (χ0n) is 35.6. The molecule has 2 atom stereocenters. The third-order valence-electron chi connectivity index (χ3n) is 9.17. The first-order valence-electron chi connectivity index (χ1n) is 22.3. The Morgan fingerprint density at radius 3 is 1.45 bits per heavy atom. The van der Waals surface area contributed by atoms with E-state index < -0.39 is 32.5 Å². The average Bonchev–Trinajstić information content (AvgIpc) is 3.18. The first-order valence-corrected chi connectivity index (χ1v) is 23.8. The molecule has 0 bridgehead atoms. The lowest BCUT2D eigenvalue weighted by molar-refractivity contribution is -0.161. The average molecular weight is 808 g/mol. The lowest BCUT2D eigenvalue weighted by Crippen LogP contribution is -2.29. The Kier molecular flexibility index (Phi) is 40.6. The summed E-state index contributed by atoms with van der Waals surface area (Å²) < 4.78 is 32.7. The van der Waals surface area contributed by atoms with E-state index in [0.717, 1.165) is 51.4 Å². The van der Waals surface area contributed by atoms with Crippen LogP contribution in [0.3, 0.4) is 0 Å². The van der Waals surface area contributed by atoms with Crippen LogP contribution in [0, 0.1) is 0 Å². The smallest absolute Gasteiger partial charge is 0.462 e. The molecule has 9 nitrogen and oxygen atoms in total. The van der Waals surface area contributed by atoms with Gasteiger partial charge in [-0.25, -0.2) is 4.57 Å². The molecule has 324 valence electrons. The van der Waals surface area contributed by atoms with E-state index in [1.807, 2.05) is 6.08 Å². The predicted molar refractivity (Wildman–Crippen MR) is 233 cm³/mol. The van der Waals surface area contributed by atoms with E-state index in [2.05, 4.69) is 68.5 Å². The number of allylic oxidation sites excluding steroid dienone is 10. The van der Waals surface area contributed by atoms with Gasteiger partial charge in [0.1, 0.15) is 6.61 Å². The van der Waals surface area contributed by atoms with Gasteiger partial charge in [-0.05, 0) is 51.4 Å². The van der Waals surface area contributed by atoms with Crippen LogP contribution < -0.4 is 5.73 Å². The molecule has 0 aliphatic heterocycles. The van der Waals surface area contributed by atoms with Crippen LogP contribution in [-0.2, 0) is 32.7 Å². The quantitative estimate of drug-likeness (QED) is 0.0268. The zero-order valence-corrected chi connectivity index (χ0v) is 36.5. The Morgan fingerprint density at radius 1 is 0.554 bits per heavy atom. The number of phosphoric acid groups is 1. The molecule has 10 heteroatoms. The highest BCUT2D eigenvalue weighted by molar-refractivity contribution is 7.47. The minimum absolute atomic E-state index is 0.0429. The van der Waals surface area contributed by atoms with Gasteiger partial charge in [0, 0.05) is 19.4 Å². The number of phosphoric ester groups is 1. The van der Waals surface area contributed by atoms with E-state index in [0.29, 0.717) is 12.8 Å². The van der Waals surface area contributed by atoms with E-state index in [-0.39, 0.29) is 32.6 Å². The Hall–Kier alpha value is -2.29. The molecule has 0 saturated carbocycles. The summed E-state index contributed by atoms with van der Waals surface area (Å²) in [7, 11) is -4.39. The lowest BCUT2D eigenvalue weighted by Gasteiger charge is -2.19. The molecule has 0 fully saturated rings. The first kappa shape index (κ1) is 53.7. The molecule has 0 heterocycles. The van der Waals surface area contributed by atoms with Crippen LogP contribution in [0.15, 0.2) is 60.8 Å². The van der Waals surface area contributed by atoms with Gasteiger partial charge in [0.15, 0.2) is 6.10 Å². The summed E-state index contributed by atoms with van der Waals surface area (Å²) in [4.78, 5) is 34.9. The molecule has 3 N–H and O–H groups in total. The van der Waals surface area contributed by atoms with E-state index in [1.54, 1.807) is 0 Å². The van der Waals surface area contributed by atoms with Crippen molar-refractivity contribution in [1.29, 1.82) is 0 Å². The highest BCUT2D eigenvalue weighted by Gasteiger charge is 2.25. The van der Waals surface area contributed by atoms with Crippen LogP contribution in [0.4, 0.5) is 0 Å². The summed E-state index contributed by atoms with van der Waals surface area (Å²) in [5.74, 6) is -0.895. The minimum atomic E-state index is -4.39. The molecule has 0 amide bonds. The van der Waals surface area contributed by atoms with Crippen LogP contribution in [0.2, 0.25) is 0 Å². The van der Waals surface area contributed by atoms with Crippen molar-refractivity contribution < 1.29 is 37.6 Å². The van der Waals surface area contributed by atoms with Crippen molar-refractivity contribution in [1.82, 2.24) is 0 Å².